The average Bonchev–Trinajstić information content (AvgIpc) is 3.44. The molecule has 0 radical (unpaired) electrons. The van der Waals surface area contributed by atoms with E-state index in [2.05, 4.69) is 59.3 Å². The Bertz CT molecular complexity index is 1590. The van der Waals surface area contributed by atoms with E-state index in [9.17, 15) is 9.59 Å². The van der Waals surface area contributed by atoms with Crippen LogP contribution in [0, 0.1) is 0 Å². The number of carbonyl (C=O) groups is 2. The lowest BCUT2D eigenvalue weighted by Gasteiger charge is -2.31. The fourth-order valence-electron chi connectivity index (χ4n) is 6.16. The molecule has 1 amide bonds. The topological polar surface area (TPSA) is 103 Å². The molecular weight excluding hydrogens is 548 g/mol. The van der Waals surface area contributed by atoms with Gasteiger partial charge in [0.1, 0.15) is 5.82 Å². The highest BCUT2D eigenvalue weighted by atomic mass is 16.2. The van der Waals surface area contributed by atoms with Crippen LogP contribution in [0.5, 0.6) is 0 Å². The first-order chi connectivity index (χ1) is 21.0. The Labute approximate surface area is 261 Å². The number of carbonyl (C=O) groups excluding carboxylic acids is 2. The molecule has 1 aliphatic carbocycles. The molecule has 4 aromatic rings. The summed E-state index contributed by atoms with van der Waals surface area (Å²) < 4.78 is 0. The second-order valence-electron chi connectivity index (χ2n) is 13.3. The number of aromatic nitrogens is 3. The minimum atomic E-state index is -0.594. The van der Waals surface area contributed by atoms with E-state index in [0.29, 0.717) is 11.5 Å². The first kappa shape index (κ1) is 31.2. The molecule has 0 spiro atoms. The number of Topliss-reactive ketones (excluding diaryl/α,β-unsaturated/α-hetero) is 1. The van der Waals surface area contributed by atoms with Crippen LogP contribution in [-0.2, 0) is 16.6 Å². The molecule has 8 nitrogen and oxygen atoms in total. The van der Waals surface area contributed by atoms with Crippen LogP contribution >= 0.6 is 0 Å². The minimum Gasteiger partial charge on any atom is -0.363 e. The standard InChI is InChI=1S/C36H46N6O2/c1-7-23-9-8-10-28-30(22-38-33(23)28)29(21-31(43)24-11-13-25(14-12-24)36(2,3)4)34(44)39-26-15-17-27(18-16-26)40-35-37-20-19-32(41-35)42(5)6/h8-14,19-20,22,26-27,29,38H,7,15-18,21H2,1-6H3,(H,39,44)(H,37,40,41)/t26-,27+,29?. The maximum absolute atomic E-state index is 14.0. The smallest absolute Gasteiger partial charge is 0.228 e. The van der Waals surface area contributed by atoms with Crippen LogP contribution in [0.2, 0.25) is 0 Å². The molecule has 1 unspecified atom stereocenters. The van der Waals surface area contributed by atoms with Gasteiger partial charge >= 0.3 is 0 Å². The lowest BCUT2D eigenvalue weighted by molar-refractivity contribution is -0.123. The molecule has 0 aliphatic heterocycles. The first-order valence-corrected chi connectivity index (χ1v) is 15.8. The van der Waals surface area contributed by atoms with Crippen LogP contribution in [-0.4, -0.2) is 52.8 Å². The Morgan fingerprint density at radius 2 is 1.70 bits per heavy atom. The van der Waals surface area contributed by atoms with E-state index in [4.69, 9.17) is 0 Å². The van der Waals surface area contributed by atoms with Crippen molar-refractivity contribution >= 4 is 34.4 Å². The number of rotatable bonds is 10. The first-order valence-electron chi connectivity index (χ1n) is 15.8. The molecular formula is C36H46N6O2. The maximum atomic E-state index is 14.0. The molecule has 0 saturated heterocycles. The van der Waals surface area contributed by atoms with Gasteiger partial charge in [-0.3, -0.25) is 9.59 Å². The molecule has 232 valence electrons. The predicted molar refractivity (Wildman–Crippen MR) is 179 cm³/mol. The highest BCUT2D eigenvalue weighted by Gasteiger charge is 2.31. The Hall–Kier alpha value is -4.20. The Morgan fingerprint density at radius 3 is 2.36 bits per heavy atom. The summed E-state index contributed by atoms with van der Waals surface area (Å²) in [5, 5.41) is 7.80. The summed E-state index contributed by atoms with van der Waals surface area (Å²) in [6, 6.07) is 16.2. The van der Waals surface area contributed by atoms with Crippen LogP contribution in [0.3, 0.4) is 0 Å². The van der Waals surface area contributed by atoms with Gasteiger partial charge in [-0.1, -0.05) is 70.2 Å². The van der Waals surface area contributed by atoms with Gasteiger partial charge in [-0.2, -0.15) is 4.98 Å². The quantitative estimate of drug-likeness (QED) is 0.175. The van der Waals surface area contributed by atoms with E-state index in [1.165, 1.54) is 11.1 Å². The summed E-state index contributed by atoms with van der Waals surface area (Å²) >= 11 is 0. The van der Waals surface area contributed by atoms with Gasteiger partial charge in [0.25, 0.3) is 0 Å². The maximum Gasteiger partial charge on any atom is 0.228 e. The molecule has 1 saturated carbocycles. The molecule has 1 fully saturated rings. The number of H-pyrrole nitrogens is 1. The molecule has 5 rings (SSSR count). The Kier molecular flexibility index (Phi) is 9.37. The Morgan fingerprint density at radius 1 is 1.00 bits per heavy atom. The number of para-hydroxylation sites is 1. The van der Waals surface area contributed by atoms with Crippen LogP contribution in [0.15, 0.2) is 60.9 Å². The van der Waals surface area contributed by atoms with E-state index < -0.39 is 5.92 Å². The molecule has 44 heavy (non-hydrogen) atoms. The predicted octanol–water partition coefficient (Wildman–Crippen LogP) is 6.78. The van der Waals surface area contributed by atoms with Crippen molar-refractivity contribution < 1.29 is 9.59 Å². The number of ketones is 1. The zero-order valence-corrected chi connectivity index (χ0v) is 26.9. The molecule has 2 aromatic heterocycles. The highest BCUT2D eigenvalue weighted by molar-refractivity contribution is 6.02. The van der Waals surface area contributed by atoms with E-state index in [0.717, 1.165) is 54.4 Å². The minimum absolute atomic E-state index is 0.00281. The summed E-state index contributed by atoms with van der Waals surface area (Å²) in [6.07, 6.45) is 8.18. The van der Waals surface area contributed by atoms with Crippen molar-refractivity contribution in [2.45, 2.75) is 89.6 Å². The number of amides is 1. The van der Waals surface area contributed by atoms with Crippen LogP contribution in [0.25, 0.3) is 10.9 Å². The number of nitrogens with zero attached hydrogens (tertiary/aromatic N) is 3. The largest absolute Gasteiger partial charge is 0.363 e. The van der Waals surface area contributed by atoms with Crippen LogP contribution < -0.4 is 15.5 Å². The van der Waals surface area contributed by atoms with Gasteiger partial charge in [0.15, 0.2) is 5.78 Å². The van der Waals surface area contributed by atoms with Crippen molar-refractivity contribution in [3.63, 3.8) is 0 Å². The molecule has 2 aromatic carbocycles. The number of aryl methyl sites for hydroxylation is 1. The molecule has 1 aliphatic rings. The molecule has 2 heterocycles. The second kappa shape index (κ2) is 13.2. The molecule has 0 bridgehead atoms. The van der Waals surface area contributed by atoms with E-state index in [1.54, 1.807) is 6.20 Å². The van der Waals surface area contributed by atoms with E-state index in [-0.39, 0.29) is 35.6 Å². The number of aromatic amines is 1. The van der Waals surface area contributed by atoms with Crippen LogP contribution in [0.1, 0.15) is 92.8 Å². The third-order valence-corrected chi connectivity index (χ3v) is 8.87. The van der Waals surface area contributed by atoms with Gasteiger partial charge in [-0.05, 0) is 60.3 Å². The summed E-state index contributed by atoms with van der Waals surface area (Å²) in [4.78, 5) is 42.0. The van der Waals surface area contributed by atoms with Crippen molar-refractivity contribution in [1.82, 2.24) is 20.3 Å². The van der Waals surface area contributed by atoms with Gasteiger partial charge < -0.3 is 20.5 Å². The van der Waals surface area contributed by atoms with Gasteiger partial charge in [0, 0.05) is 61.5 Å². The zero-order chi connectivity index (χ0) is 31.4. The van der Waals surface area contributed by atoms with Crippen molar-refractivity contribution in [3.8, 4) is 0 Å². The van der Waals surface area contributed by atoms with E-state index >= 15 is 0 Å². The van der Waals surface area contributed by atoms with Crippen molar-refractivity contribution in [2.24, 2.45) is 0 Å². The fraction of sp³-hybridized carbons (Fsp3) is 0.444. The van der Waals surface area contributed by atoms with Gasteiger partial charge in [0.05, 0.1) is 5.92 Å². The second-order valence-corrected chi connectivity index (χ2v) is 13.3. The van der Waals surface area contributed by atoms with Gasteiger partial charge in [0.2, 0.25) is 11.9 Å². The van der Waals surface area contributed by atoms with Gasteiger partial charge in [-0.25, -0.2) is 4.98 Å². The number of fused-ring (bicyclic) bond motifs is 1. The van der Waals surface area contributed by atoms with Crippen molar-refractivity contribution in [2.75, 3.05) is 24.3 Å². The van der Waals surface area contributed by atoms with Crippen molar-refractivity contribution in [1.29, 1.82) is 0 Å². The molecule has 8 heteroatoms. The number of benzene rings is 2. The number of hydrogen-bond donors (Lipinski definition) is 3. The van der Waals surface area contributed by atoms with Crippen LogP contribution in [0.4, 0.5) is 11.8 Å². The molecule has 1 atom stereocenters. The number of anilines is 2. The average molecular weight is 595 g/mol. The lowest BCUT2D eigenvalue weighted by Crippen LogP contribution is -2.42. The third-order valence-electron chi connectivity index (χ3n) is 8.87. The normalized spacial score (nSPS) is 17.7. The lowest BCUT2D eigenvalue weighted by atomic mass is 9.85. The monoisotopic (exact) mass is 594 g/mol. The van der Waals surface area contributed by atoms with Gasteiger partial charge in [-0.15, -0.1) is 0 Å². The van der Waals surface area contributed by atoms with E-state index in [1.807, 2.05) is 67.7 Å². The number of nitrogens with one attached hydrogen (secondary N) is 3. The summed E-state index contributed by atoms with van der Waals surface area (Å²) in [7, 11) is 3.92. The summed E-state index contributed by atoms with van der Waals surface area (Å²) in [5.41, 5.74) is 4.93. The number of hydrogen-bond acceptors (Lipinski definition) is 6. The Balaban J connectivity index is 1.31. The third kappa shape index (κ3) is 7.12. The fourth-order valence-corrected chi connectivity index (χ4v) is 6.16. The summed E-state index contributed by atoms with van der Waals surface area (Å²) in [6.45, 7) is 8.60. The van der Waals surface area contributed by atoms with Crippen molar-refractivity contribution in [3.05, 3.63) is 83.2 Å². The SMILES string of the molecule is CCc1cccc2c(C(CC(=O)c3ccc(C(C)(C)C)cc3)C(=O)N[C@H]3CC[C@@H](Nc4nccc(N(C)C)n4)CC3)c[nH]c12. The molecule has 3 N–H and O–H groups in total. The zero-order valence-electron chi connectivity index (χ0n) is 26.9. The highest BCUT2D eigenvalue weighted by Crippen LogP contribution is 2.32. The summed E-state index contributed by atoms with van der Waals surface area (Å²) in [5.74, 6) is 0.773.